The fourth-order valence-corrected chi connectivity index (χ4v) is 3.75. The number of nitrogens with two attached hydrogens (primary N) is 2. The fraction of sp³-hybridized carbons (Fsp3) is 0.125. The van der Waals surface area contributed by atoms with Gasteiger partial charge in [0.1, 0.15) is 18.1 Å². The molecule has 0 spiro atoms. The first kappa shape index (κ1) is 20.9. The van der Waals surface area contributed by atoms with Crippen LogP contribution in [0.2, 0.25) is 0 Å². The summed E-state index contributed by atoms with van der Waals surface area (Å²) in [4.78, 5) is 23.7. The number of amides is 2. The summed E-state index contributed by atoms with van der Waals surface area (Å²) in [6, 6.07) is 20.6. The van der Waals surface area contributed by atoms with Gasteiger partial charge in [0.05, 0.1) is 6.54 Å². The Balaban J connectivity index is 1.76. The number of hydrogen-bond acceptors (Lipinski definition) is 4. The van der Waals surface area contributed by atoms with Gasteiger partial charge >= 0.3 is 12.0 Å². The molecule has 1 heterocycles. The molecule has 0 radical (unpaired) electrons. The third kappa shape index (κ3) is 4.24. The van der Waals surface area contributed by atoms with Gasteiger partial charge in [-0.3, -0.25) is 5.41 Å². The molecule has 0 bridgehead atoms. The van der Waals surface area contributed by atoms with Gasteiger partial charge in [0.15, 0.2) is 0 Å². The smallest absolute Gasteiger partial charge is 0.355 e. The summed E-state index contributed by atoms with van der Waals surface area (Å²) in [6.07, 6.45) is 0. The second-order valence-electron chi connectivity index (χ2n) is 7.37. The van der Waals surface area contributed by atoms with E-state index < -0.39 is 12.0 Å². The Bertz CT molecular complexity index is 1340. The van der Waals surface area contributed by atoms with Crippen molar-refractivity contribution in [1.29, 1.82) is 5.41 Å². The monoisotopic (exact) mass is 429 g/mol. The number of esters is 1. The first-order chi connectivity index (χ1) is 15.4. The number of hydrogen-bond donors (Lipinski definition) is 4. The fourth-order valence-electron chi connectivity index (χ4n) is 3.75. The Morgan fingerprint density at radius 3 is 2.53 bits per heavy atom. The molecule has 0 aliphatic rings. The van der Waals surface area contributed by atoms with Crippen molar-refractivity contribution in [1.82, 2.24) is 9.88 Å². The van der Waals surface area contributed by atoms with Crippen molar-refractivity contribution >= 4 is 39.5 Å². The predicted octanol–water partition coefficient (Wildman–Crippen LogP) is 2.95. The van der Waals surface area contributed by atoms with Gasteiger partial charge in [-0.1, -0.05) is 54.6 Å². The number of urea groups is 1. The zero-order valence-electron chi connectivity index (χ0n) is 17.3. The minimum absolute atomic E-state index is 0.00371. The van der Waals surface area contributed by atoms with E-state index in [1.165, 1.54) is 0 Å². The average Bonchev–Trinajstić information content (AvgIpc) is 3.14. The van der Waals surface area contributed by atoms with E-state index in [9.17, 15) is 9.59 Å². The molecule has 0 fully saturated rings. The number of aromatic nitrogens is 1. The van der Waals surface area contributed by atoms with Gasteiger partial charge < -0.3 is 26.1 Å². The molecule has 0 saturated heterocycles. The van der Waals surface area contributed by atoms with Crippen LogP contribution in [0, 0.1) is 5.41 Å². The number of fused-ring (bicyclic) bond motifs is 2. The van der Waals surface area contributed by atoms with E-state index >= 15 is 0 Å². The number of nitrogens with one attached hydrogen (secondary N) is 2. The van der Waals surface area contributed by atoms with Crippen LogP contribution in [0.3, 0.4) is 0 Å². The van der Waals surface area contributed by atoms with Crippen LogP contribution in [0.15, 0.2) is 66.7 Å². The predicted molar refractivity (Wildman–Crippen MR) is 124 cm³/mol. The Kier molecular flexibility index (Phi) is 5.76. The summed E-state index contributed by atoms with van der Waals surface area (Å²) in [6.45, 7) is 0.547. The second kappa shape index (κ2) is 8.81. The molecule has 162 valence electrons. The van der Waals surface area contributed by atoms with E-state index in [2.05, 4.69) is 5.32 Å². The van der Waals surface area contributed by atoms with E-state index in [1.807, 2.05) is 53.1 Å². The molecule has 0 unspecified atom stereocenters. The molecule has 4 aromatic rings. The van der Waals surface area contributed by atoms with Crippen LogP contribution in [0.4, 0.5) is 4.79 Å². The molecule has 0 aliphatic carbocycles. The summed E-state index contributed by atoms with van der Waals surface area (Å²) >= 11 is 0. The first-order valence-electron chi connectivity index (χ1n) is 10.1. The molecule has 1 aromatic heterocycles. The van der Waals surface area contributed by atoms with Gasteiger partial charge in [-0.15, -0.1) is 0 Å². The molecule has 4 rings (SSSR count). The van der Waals surface area contributed by atoms with Crippen LogP contribution >= 0.6 is 0 Å². The maximum Gasteiger partial charge on any atom is 0.355 e. The number of rotatable bonds is 7. The number of benzene rings is 3. The zero-order valence-corrected chi connectivity index (χ0v) is 17.3. The lowest BCUT2D eigenvalue weighted by molar-refractivity contribution is 0.0499. The normalized spacial score (nSPS) is 10.9. The third-order valence-corrected chi connectivity index (χ3v) is 5.27. The molecular formula is C24H23N5O3. The van der Waals surface area contributed by atoms with E-state index in [0.717, 1.165) is 27.2 Å². The van der Waals surface area contributed by atoms with E-state index in [0.29, 0.717) is 17.8 Å². The second-order valence-corrected chi connectivity index (χ2v) is 7.37. The number of primary amides is 1. The van der Waals surface area contributed by atoms with E-state index in [-0.39, 0.29) is 19.0 Å². The molecule has 0 saturated carbocycles. The number of nitrogens with zero attached hydrogens (tertiary/aromatic N) is 1. The van der Waals surface area contributed by atoms with Crippen molar-refractivity contribution in [2.45, 2.75) is 6.54 Å². The molecule has 8 heteroatoms. The molecular weight excluding hydrogens is 406 g/mol. The van der Waals surface area contributed by atoms with Crippen molar-refractivity contribution in [3.05, 3.63) is 83.6 Å². The number of amidine groups is 1. The van der Waals surface area contributed by atoms with Crippen molar-refractivity contribution in [3.8, 4) is 0 Å². The Hall–Kier alpha value is -4.33. The van der Waals surface area contributed by atoms with E-state index in [4.69, 9.17) is 21.6 Å². The van der Waals surface area contributed by atoms with Crippen LogP contribution in [0.25, 0.3) is 21.7 Å². The highest BCUT2D eigenvalue weighted by Gasteiger charge is 2.19. The van der Waals surface area contributed by atoms with Crippen LogP contribution in [-0.2, 0) is 11.3 Å². The molecule has 32 heavy (non-hydrogen) atoms. The molecule has 0 aliphatic heterocycles. The van der Waals surface area contributed by atoms with Gasteiger partial charge in [0.25, 0.3) is 0 Å². The van der Waals surface area contributed by atoms with Gasteiger partial charge in [-0.25, -0.2) is 9.59 Å². The lowest BCUT2D eigenvalue weighted by atomic mass is 10.0. The van der Waals surface area contributed by atoms with Crippen LogP contribution in [-0.4, -0.2) is 35.6 Å². The highest BCUT2D eigenvalue weighted by Crippen LogP contribution is 2.26. The largest absolute Gasteiger partial charge is 0.459 e. The van der Waals surface area contributed by atoms with Crippen LogP contribution in [0.1, 0.15) is 21.6 Å². The highest BCUT2D eigenvalue weighted by atomic mass is 16.5. The quantitative estimate of drug-likeness (QED) is 0.155. The number of nitrogen functional groups attached to an aromatic ring is 1. The number of carbonyl (C=O) groups excluding carboxylic acids is 2. The number of ether oxygens (including phenoxy) is 1. The minimum atomic E-state index is -0.678. The lowest BCUT2D eigenvalue weighted by Crippen LogP contribution is -2.32. The van der Waals surface area contributed by atoms with Crippen molar-refractivity contribution in [2.24, 2.45) is 11.5 Å². The first-order valence-corrected chi connectivity index (χ1v) is 10.1. The SMILES string of the molecule is N=C(N)c1ccc2cc(C(=O)OCCNC(N)=O)n(Cc3cccc4ccccc34)c2c1. The summed E-state index contributed by atoms with van der Waals surface area (Å²) < 4.78 is 7.22. The summed E-state index contributed by atoms with van der Waals surface area (Å²) in [7, 11) is 0. The summed E-state index contributed by atoms with van der Waals surface area (Å²) in [5, 5.41) is 13.2. The molecule has 8 nitrogen and oxygen atoms in total. The van der Waals surface area contributed by atoms with Gasteiger partial charge in [-0.05, 0) is 28.5 Å². The summed E-state index contributed by atoms with van der Waals surface area (Å²) in [5.74, 6) is -0.566. The Morgan fingerprint density at radius 1 is 0.969 bits per heavy atom. The van der Waals surface area contributed by atoms with Crippen molar-refractivity contribution in [3.63, 3.8) is 0 Å². The topological polar surface area (TPSA) is 136 Å². The van der Waals surface area contributed by atoms with Crippen molar-refractivity contribution in [2.75, 3.05) is 13.2 Å². The average molecular weight is 429 g/mol. The molecule has 2 amide bonds. The van der Waals surface area contributed by atoms with Crippen LogP contribution < -0.4 is 16.8 Å². The number of carbonyl (C=O) groups is 2. The molecule has 3 aromatic carbocycles. The van der Waals surface area contributed by atoms with Gasteiger partial charge in [0, 0.05) is 23.0 Å². The third-order valence-electron chi connectivity index (χ3n) is 5.27. The lowest BCUT2D eigenvalue weighted by Gasteiger charge is -2.13. The van der Waals surface area contributed by atoms with E-state index in [1.54, 1.807) is 18.2 Å². The maximum atomic E-state index is 12.9. The Labute approximate surface area is 184 Å². The standard InChI is InChI=1S/C24H23N5O3/c25-22(26)17-9-8-16-12-21(23(30)32-11-10-28-24(27)31)29(20(16)13-17)14-18-6-3-5-15-4-1-2-7-19(15)18/h1-9,12-13H,10-11,14H2,(H3,25,26)(H3,27,28,31). The van der Waals surface area contributed by atoms with Crippen LogP contribution in [0.5, 0.6) is 0 Å². The maximum absolute atomic E-state index is 12.9. The summed E-state index contributed by atoms with van der Waals surface area (Å²) in [5.41, 5.74) is 13.5. The molecule has 6 N–H and O–H groups in total. The van der Waals surface area contributed by atoms with Gasteiger partial charge in [0.2, 0.25) is 0 Å². The zero-order chi connectivity index (χ0) is 22.7. The highest BCUT2D eigenvalue weighted by molar-refractivity contribution is 6.01. The van der Waals surface area contributed by atoms with Crippen molar-refractivity contribution < 1.29 is 14.3 Å². The molecule has 0 atom stereocenters. The Morgan fingerprint density at radius 2 is 1.75 bits per heavy atom. The minimum Gasteiger partial charge on any atom is -0.459 e. The van der Waals surface area contributed by atoms with Gasteiger partial charge in [-0.2, -0.15) is 0 Å².